The summed E-state index contributed by atoms with van der Waals surface area (Å²) in [5, 5.41) is 0.144. The lowest BCUT2D eigenvalue weighted by atomic mass is 9.42. The second kappa shape index (κ2) is 8.44. The fourth-order valence-corrected chi connectivity index (χ4v) is 10.4. The van der Waals surface area contributed by atoms with E-state index in [0.29, 0.717) is 0 Å². The summed E-state index contributed by atoms with van der Waals surface area (Å²) in [6, 6.07) is 8.68. The first-order chi connectivity index (χ1) is 18.5. The summed E-state index contributed by atoms with van der Waals surface area (Å²) in [7, 11) is -1.91. The number of rotatable bonds is 4. The summed E-state index contributed by atoms with van der Waals surface area (Å²) in [4.78, 5) is 27.0. The van der Waals surface area contributed by atoms with Crippen LogP contribution >= 0.6 is 0 Å². The van der Waals surface area contributed by atoms with E-state index in [9.17, 15) is 9.59 Å². The van der Waals surface area contributed by atoms with Crippen LogP contribution in [-0.4, -0.2) is 38.4 Å². The van der Waals surface area contributed by atoms with Crippen LogP contribution in [0.25, 0.3) is 0 Å². The van der Waals surface area contributed by atoms with Gasteiger partial charge in [-0.3, -0.25) is 9.59 Å². The van der Waals surface area contributed by atoms with Crippen molar-refractivity contribution in [1.29, 1.82) is 0 Å². The minimum absolute atomic E-state index is 0.0328. The van der Waals surface area contributed by atoms with Crippen LogP contribution in [0.5, 0.6) is 5.75 Å². The van der Waals surface area contributed by atoms with Crippen LogP contribution in [0.2, 0.25) is 18.1 Å². The smallest absolute Gasteiger partial charge is 0.316 e. The third-order valence-electron chi connectivity index (χ3n) is 12.2. The molecule has 5 aliphatic rings. The van der Waals surface area contributed by atoms with Crippen LogP contribution in [0, 0.1) is 28.1 Å². The molecule has 0 bridgehead atoms. The first-order valence-electron chi connectivity index (χ1n) is 15.1. The lowest BCUT2D eigenvalue weighted by molar-refractivity contribution is -0.186. The molecule has 1 saturated carbocycles. The number of hydrogen-bond acceptors (Lipinski definition) is 5. The normalized spacial score (nSPS) is 42.0. The van der Waals surface area contributed by atoms with Gasteiger partial charge in [0.2, 0.25) is 8.32 Å². The lowest BCUT2D eigenvalue weighted by Crippen LogP contribution is -2.65. The highest BCUT2D eigenvalue weighted by molar-refractivity contribution is 6.74. The highest BCUT2D eigenvalue weighted by Crippen LogP contribution is 2.72. The third-order valence-corrected chi connectivity index (χ3v) is 16.6. The molecule has 3 aliphatic carbocycles. The number of carbonyl (C=O) groups excluding carboxylic acids is 2. The number of hydrogen-bond donors (Lipinski definition) is 0. The predicted molar refractivity (Wildman–Crippen MR) is 159 cm³/mol. The van der Waals surface area contributed by atoms with Crippen molar-refractivity contribution < 1.29 is 23.5 Å². The van der Waals surface area contributed by atoms with E-state index in [-0.39, 0.29) is 52.2 Å². The van der Waals surface area contributed by atoms with Crippen molar-refractivity contribution in [1.82, 2.24) is 0 Å². The van der Waals surface area contributed by atoms with Crippen molar-refractivity contribution >= 4 is 20.1 Å². The molecule has 40 heavy (non-hydrogen) atoms. The molecule has 0 radical (unpaired) electrons. The second-order valence-electron chi connectivity index (χ2n) is 15.2. The Bertz CT molecular complexity index is 1330. The fraction of sp³-hybridized carbons (Fsp3) is 0.647. The summed E-state index contributed by atoms with van der Waals surface area (Å²) in [5.41, 5.74) is 2.10. The second-order valence-corrected chi connectivity index (χ2v) is 19.9. The van der Waals surface area contributed by atoms with Crippen LogP contribution < -0.4 is 4.43 Å². The van der Waals surface area contributed by atoms with Gasteiger partial charge in [-0.1, -0.05) is 71.7 Å². The van der Waals surface area contributed by atoms with Crippen molar-refractivity contribution in [3.63, 3.8) is 0 Å². The monoisotopic (exact) mass is 562 g/mol. The largest absolute Gasteiger partial charge is 0.544 e. The van der Waals surface area contributed by atoms with Gasteiger partial charge >= 0.3 is 5.97 Å². The first kappa shape index (κ1) is 28.0. The van der Waals surface area contributed by atoms with Crippen molar-refractivity contribution in [2.45, 2.75) is 111 Å². The van der Waals surface area contributed by atoms with E-state index in [1.54, 1.807) is 12.2 Å². The Morgan fingerprint density at radius 3 is 2.30 bits per heavy atom. The number of carbonyl (C=O) groups is 2. The lowest BCUT2D eigenvalue weighted by Gasteiger charge is -2.59. The molecule has 3 fully saturated rings. The van der Waals surface area contributed by atoms with Gasteiger partial charge in [-0.15, -0.1) is 0 Å². The summed E-state index contributed by atoms with van der Waals surface area (Å²) in [6.07, 6.45) is 4.48. The van der Waals surface area contributed by atoms with Gasteiger partial charge in [0.05, 0.1) is 11.5 Å². The molecule has 6 heteroatoms. The third kappa shape index (κ3) is 3.35. The molecule has 1 aromatic carbocycles. The molecule has 0 aromatic heterocycles. The molecule has 0 amide bonds. The van der Waals surface area contributed by atoms with Gasteiger partial charge in [-0.25, -0.2) is 0 Å². The Morgan fingerprint density at radius 2 is 1.70 bits per heavy atom. The minimum atomic E-state index is -1.91. The maximum absolute atomic E-state index is 13.8. The number of allylic oxidation sites excluding steroid dienone is 2. The molecule has 6 rings (SSSR count). The summed E-state index contributed by atoms with van der Waals surface area (Å²) >= 11 is 0. The molecule has 5 nitrogen and oxygen atoms in total. The van der Waals surface area contributed by atoms with Crippen LogP contribution in [0.1, 0.15) is 79.7 Å². The summed E-state index contributed by atoms with van der Waals surface area (Å²) < 4.78 is 19.6. The molecule has 2 heterocycles. The molecule has 0 spiro atoms. The maximum atomic E-state index is 13.8. The quantitative estimate of drug-likeness (QED) is 0.218. The van der Waals surface area contributed by atoms with Crippen molar-refractivity contribution in [3.8, 4) is 5.75 Å². The molecule has 2 saturated heterocycles. The SMILES string of the molecule is CC[C@H]1[C@]2(C)C3=C(C)[C@@H](c4ccc(O[Si](C)(C)C(C)(C)C)cc4)C[C@H]3O[C@@H]2[C@@H]2OC(=O)[C@]3(C)C=CC(=O)[C@@]1(C)[C@@H]23. The number of ether oxygens (including phenoxy) is 2. The van der Waals surface area contributed by atoms with E-state index in [2.05, 4.69) is 85.8 Å². The van der Waals surface area contributed by atoms with E-state index in [4.69, 9.17) is 13.9 Å². The summed E-state index contributed by atoms with van der Waals surface area (Å²) in [6.45, 7) is 22.1. The molecule has 9 atom stereocenters. The van der Waals surface area contributed by atoms with Gasteiger partial charge in [0.25, 0.3) is 0 Å². The molecule has 1 aromatic rings. The van der Waals surface area contributed by atoms with Crippen LogP contribution in [0.4, 0.5) is 0 Å². The van der Waals surface area contributed by atoms with Crippen molar-refractivity contribution in [2.75, 3.05) is 0 Å². The molecular formula is C34H46O5Si. The maximum Gasteiger partial charge on any atom is 0.316 e. The first-order valence-corrected chi connectivity index (χ1v) is 18.0. The fourth-order valence-electron chi connectivity index (χ4n) is 9.32. The van der Waals surface area contributed by atoms with Gasteiger partial charge in [-0.05, 0) is 73.7 Å². The zero-order chi connectivity index (χ0) is 29.2. The van der Waals surface area contributed by atoms with E-state index in [1.165, 1.54) is 16.7 Å². The molecule has 0 N–H and O–H groups in total. The number of fused-ring (bicyclic) bond motifs is 4. The van der Waals surface area contributed by atoms with E-state index >= 15 is 0 Å². The predicted octanol–water partition coefficient (Wildman–Crippen LogP) is 7.38. The molecule has 2 aliphatic heterocycles. The van der Waals surface area contributed by atoms with Gasteiger partial charge in [0.15, 0.2) is 5.78 Å². The van der Waals surface area contributed by atoms with Gasteiger partial charge in [0, 0.05) is 22.7 Å². The standard InChI is InChI=1S/C34H46O5Si/c1-11-24-33(7)25(35)16-17-32(6)28(33)27(38-30(32)36)29-34(24,8)26-19(2)22(18-23(26)37-29)20-12-14-21(15-13-20)39-40(9,10)31(3,4)5/h12-17,22-24,27-29H,11,18H2,1-10H3/t22-,23+,24+,27+,28-,29+,32+,33-,34+/m0/s1. The topological polar surface area (TPSA) is 61.8 Å². The molecule has 216 valence electrons. The van der Waals surface area contributed by atoms with Gasteiger partial charge in [0.1, 0.15) is 18.0 Å². The van der Waals surface area contributed by atoms with Crippen LogP contribution in [-0.2, 0) is 19.1 Å². The Morgan fingerprint density at radius 1 is 1.05 bits per heavy atom. The minimum Gasteiger partial charge on any atom is -0.544 e. The van der Waals surface area contributed by atoms with Crippen molar-refractivity contribution in [3.05, 3.63) is 53.1 Å². The van der Waals surface area contributed by atoms with Crippen LogP contribution in [0.15, 0.2) is 47.6 Å². The summed E-state index contributed by atoms with van der Waals surface area (Å²) in [5.74, 6) is 0.929. The average molecular weight is 563 g/mol. The zero-order valence-corrected chi connectivity index (χ0v) is 26.9. The van der Waals surface area contributed by atoms with E-state index < -0.39 is 25.3 Å². The Balaban J connectivity index is 1.38. The van der Waals surface area contributed by atoms with Crippen molar-refractivity contribution in [2.24, 2.45) is 28.1 Å². The number of esters is 1. The van der Waals surface area contributed by atoms with Gasteiger partial charge < -0.3 is 13.9 Å². The van der Waals surface area contributed by atoms with E-state index in [0.717, 1.165) is 18.6 Å². The zero-order valence-electron chi connectivity index (χ0n) is 25.9. The van der Waals surface area contributed by atoms with E-state index in [1.807, 2.05) is 6.92 Å². The average Bonchev–Trinajstić information content (AvgIpc) is 3.44. The Labute approximate surface area is 240 Å². The molecule has 0 unspecified atom stereocenters. The highest BCUT2D eigenvalue weighted by atomic mass is 28.4. The molecular weight excluding hydrogens is 516 g/mol. The number of benzene rings is 1. The highest BCUT2D eigenvalue weighted by Gasteiger charge is 2.77. The number of ketones is 1. The van der Waals surface area contributed by atoms with Gasteiger partial charge in [-0.2, -0.15) is 0 Å². The Hall–Kier alpha value is -2.18. The Kier molecular flexibility index (Phi) is 5.90. The van der Waals surface area contributed by atoms with Crippen LogP contribution in [0.3, 0.4) is 0 Å².